The Morgan fingerprint density at radius 3 is 2.89 bits per heavy atom. The summed E-state index contributed by atoms with van der Waals surface area (Å²) in [7, 11) is 0. The SMILES string of the molecule is Cc1nc(CC(C)C)c(C(=O)N2CC[C@H](CN)C2)s1. The smallest absolute Gasteiger partial charge is 0.265 e. The van der Waals surface area contributed by atoms with Crippen molar-refractivity contribution in [3.05, 3.63) is 15.6 Å². The minimum atomic E-state index is 0.150. The molecule has 0 aromatic carbocycles. The van der Waals surface area contributed by atoms with Gasteiger partial charge in [0.05, 0.1) is 10.7 Å². The molecule has 1 atom stereocenters. The predicted molar refractivity (Wildman–Crippen MR) is 78.5 cm³/mol. The van der Waals surface area contributed by atoms with Crippen LogP contribution in [0.25, 0.3) is 0 Å². The molecule has 0 unspecified atom stereocenters. The summed E-state index contributed by atoms with van der Waals surface area (Å²) in [6.07, 6.45) is 1.90. The van der Waals surface area contributed by atoms with Gasteiger partial charge in [0.1, 0.15) is 4.88 Å². The van der Waals surface area contributed by atoms with E-state index >= 15 is 0 Å². The first-order valence-corrected chi connectivity index (χ1v) is 7.78. The van der Waals surface area contributed by atoms with E-state index in [9.17, 15) is 4.79 Å². The molecule has 2 N–H and O–H groups in total. The van der Waals surface area contributed by atoms with E-state index in [1.54, 1.807) is 0 Å². The van der Waals surface area contributed by atoms with Crippen LogP contribution in [-0.2, 0) is 6.42 Å². The van der Waals surface area contributed by atoms with Gasteiger partial charge < -0.3 is 10.6 Å². The van der Waals surface area contributed by atoms with E-state index < -0.39 is 0 Å². The Kier molecular flexibility index (Phi) is 4.58. The van der Waals surface area contributed by atoms with Crippen LogP contribution in [0.5, 0.6) is 0 Å². The number of amides is 1. The molecule has 5 heteroatoms. The summed E-state index contributed by atoms with van der Waals surface area (Å²) in [6.45, 7) is 8.58. The number of rotatable bonds is 4. The molecule has 0 bridgehead atoms. The van der Waals surface area contributed by atoms with Gasteiger partial charge >= 0.3 is 0 Å². The van der Waals surface area contributed by atoms with Gasteiger partial charge in [0.15, 0.2) is 0 Å². The second-order valence-corrected chi connectivity index (χ2v) is 6.95. The number of aromatic nitrogens is 1. The molecule has 1 saturated heterocycles. The quantitative estimate of drug-likeness (QED) is 0.919. The Balaban J connectivity index is 2.15. The van der Waals surface area contributed by atoms with Crippen LogP contribution in [0, 0.1) is 18.8 Å². The van der Waals surface area contributed by atoms with Crippen molar-refractivity contribution in [2.45, 2.75) is 33.6 Å². The number of nitrogens with two attached hydrogens (primary N) is 1. The Labute approximate surface area is 119 Å². The van der Waals surface area contributed by atoms with Crippen LogP contribution in [0.2, 0.25) is 0 Å². The highest BCUT2D eigenvalue weighted by molar-refractivity contribution is 7.13. The topological polar surface area (TPSA) is 59.2 Å². The van der Waals surface area contributed by atoms with E-state index in [2.05, 4.69) is 18.8 Å². The highest BCUT2D eigenvalue weighted by Gasteiger charge is 2.29. The lowest BCUT2D eigenvalue weighted by molar-refractivity contribution is 0.0791. The molecule has 1 aliphatic rings. The fraction of sp³-hybridized carbons (Fsp3) is 0.714. The van der Waals surface area contributed by atoms with Crippen LogP contribution in [-0.4, -0.2) is 35.4 Å². The van der Waals surface area contributed by atoms with E-state index in [0.29, 0.717) is 18.4 Å². The van der Waals surface area contributed by atoms with Gasteiger partial charge in [0.2, 0.25) is 0 Å². The molecule has 19 heavy (non-hydrogen) atoms. The lowest BCUT2D eigenvalue weighted by atomic mass is 10.1. The van der Waals surface area contributed by atoms with Gasteiger partial charge in [-0.2, -0.15) is 0 Å². The predicted octanol–water partition coefficient (Wildman–Crippen LogP) is 2.07. The first kappa shape index (κ1) is 14.5. The molecule has 1 aromatic heterocycles. The van der Waals surface area contributed by atoms with E-state index in [4.69, 9.17) is 5.73 Å². The Morgan fingerprint density at radius 2 is 2.32 bits per heavy atom. The number of hydrogen-bond acceptors (Lipinski definition) is 4. The number of likely N-dealkylation sites (tertiary alicyclic amines) is 1. The summed E-state index contributed by atoms with van der Waals surface area (Å²) in [5, 5.41) is 0.980. The molecule has 0 spiro atoms. The molecule has 106 valence electrons. The van der Waals surface area contributed by atoms with Gasteiger partial charge in [-0.25, -0.2) is 4.98 Å². The van der Waals surface area contributed by atoms with E-state index in [0.717, 1.165) is 41.5 Å². The average Bonchev–Trinajstić information content (AvgIpc) is 2.94. The molecule has 1 aliphatic heterocycles. The second kappa shape index (κ2) is 6.01. The summed E-state index contributed by atoms with van der Waals surface area (Å²) in [4.78, 5) is 19.9. The normalized spacial score (nSPS) is 19.4. The Morgan fingerprint density at radius 1 is 1.58 bits per heavy atom. The highest BCUT2D eigenvalue weighted by atomic mass is 32.1. The third-order valence-corrected chi connectivity index (χ3v) is 4.51. The van der Waals surface area contributed by atoms with Gasteiger partial charge in [-0.05, 0) is 38.1 Å². The molecule has 4 nitrogen and oxygen atoms in total. The lowest BCUT2D eigenvalue weighted by Gasteiger charge is -2.16. The van der Waals surface area contributed by atoms with E-state index in [-0.39, 0.29) is 5.91 Å². The van der Waals surface area contributed by atoms with Crippen molar-refractivity contribution in [2.24, 2.45) is 17.6 Å². The van der Waals surface area contributed by atoms with Gasteiger partial charge in [-0.3, -0.25) is 4.79 Å². The second-order valence-electron chi connectivity index (χ2n) is 5.75. The monoisotopic (exact) mass is 281 g/mol. The molecule has 2 rings (SSSR count). The fourth-order valence-electron chi connectivity index (χ4n) is 2.52. The minimum absolute atomic E-state index is 0.150. The zero-order valence-electron chi connectivity index (χ0n) is 12.0. The number of carbonyl (C=O) groups is 1. The van der Waals surface area contributed by atoms with Crippen LogP contribution in [0.3, 0.4) is 0 Å². The standard InChI is InChI=1S/C14H23N3OS/c1-9(2)6-12-13(19-10(3)16-12)14(18)17-5-4-11(7-15)8-17/h9,11H,4-8,15H2,1-3H3/t11-/m1/s1. The molecule has 0 saturated carbocycles. The van der Waals surface area contributed by atoms with Gasteiger partial charge in [-0.1, -0.05) is 13.8 Å². The van der Waals surface area contributed by atoms with Crippen molar-refractivity contribution >= 4 is 17.2 Å². The third-order valence-electron chi connectivity index (χ3n) is 3.51. The first-order chi connectivity index (χ1) is 9.01. The van der Waals surface area contributed by atoms with E-state index in [1.807, 2.05) is 11.8 Å². The summed E-state index contributed by atoms with van der Waals surface area (Å²) in [6, 6.07) is 0. The first-order valence-electron chi connectivity index (χ1n) is 6.97. The average molecular weight is 281 g/mol. The highest BCUT2D eigenvalue weighted by Crippen LogP contribution is 2.25. The van der Waals surface area contributed by atoms with Crippen molar-refractivity contribution in [3.63, 3.8) is 0 Å². The lowest BCUT2D eigenvalue weighted by Crippen LogP contribution is -2.30. The summed E-state index contributed by atoms with van der Waals surface area (Å²) in [5.41, 5.74) is 6.66. The van der Waals surface area contributed by atoms with Crippen molar-refractivity contribution in [1.29, 1.82) is 0 Å². The van der Waals surface area contributed by atoms with Gasteiger partial charge in [-0.15, -0.1) is 11.3 Å². The number of hydrogen-bond donors (Lipinski definition) is 1. The Bertz CT molecular complexity index is 456. The molecule has 1 aromatic rings. The maximum atomic E-state index is 12.6. The number of aryl methyl sites for hydroxylation is 1. The fourth-order valence-corrected chi connectivity index (χ4v) is 3.43. The number of carbonyl (C=O) groups excluding carboxylic acids is 1. The largest absolute Gasteiger partial charge is 0.338 e. The van der Waals surface area contributed by atoms with Crippen LogP contribution in [0.4, 0.5) is 0 Å². The molecular formula is C14H23N3OS. The molecule has 0 radical (unpaired) electrons. The summed E-state index contributed by atoms with van der Waals surface area (Å²) >= 11 is 1.53. The zero-order valence-corrected chi connectivity index (χ0v) is 12.8. The summed E-state index contributed by atoms with van der Waals surface area (Å²) < 4.78 is 0. The Hall–Kier alpha value is -0.940. The van der Waals surface area contributed by atoms with Crippen LogP contribution >= 0.6 is 11.3 Å². The van der Waals surface area contributed by atoms with Crippen LogP contribution in [0.15, 0.2) is 0 Å². The van der Waals surface area contributed by atoms with Crippen molar-refractivity contribution in [2.75, 3.05) is 19.6 Å². The van der Waals surface area contributed by atoms with Gasteiger partial charge in [0, 0.05) is 13.1 Å². The van der Waals surface area contributed by atoms with Crippen LogP contribution in [0.1, 0.15) is 40.6 Å². The van der Waals surface area contributed by atoms with Crippen molar-refractivity contribution < 1.29 is 4.79 Å². The summed E-state index contributed by atoms with van der Waals surface area (Å²) in [5.74, 6) is 1.13. The zero-order chi connectivity index (χ0) is 14.0. The molecular weight excluding hydrogens is 258 g/mol. The number of thiazole rings is 1. The van der Waals surface area contributed by atoms with Gasteiger partial charge in [0.25, 0.3) is 5.91 Å². The molecule has 2 heterocycles. The molecule has 0 aliphatic carbocycles. The van der Waals surface area contributed by atoms with Crippen LogP contribution < -0.4 is 5.73 Å². The minimum Gasteiger partial charge on any atom is -0.338 e. The molecule has 1 fully saturated rings. The third kappa shape index (κ3) is 3.34. The van der Waals surface area contributed by atoms with Crippen molar-refractivity contribution in [3.8, 4) is 0 Å². The number of nitrogens with zero attached hydrogens (tertiary/aromatic N) is 2. The maximum absolute atomic E-state index is 12.6. The van der Waals surface area contributed by atoms with Crippen molar-refractivity contribution in [1.82, 2.24) is 9.88 Å². The molecule has 1 amide bonds. The maximum Gasteiger partial charge on any atom is 0.265 e. The van der Waals surface area contributed by atoms with E-state index in [1.165, 1.54) is 11.3 Å².